The van der Waals surface area contributed by atoms with E-state index in [1.807, 2.05) is 6.07 Å². The Morgan fingerprint density at radius 3 is 2.89 bits per heavy atom. The number of carbonyl (C=O) groups excluding carboxylic acids is 1. The maximum absolute atomic E-state index is 10.9. The van der Waals surface area contributed by atoms with Crippen molar-refractivity contribution in [2.75, 3.05) is 13.7 Å². The van der Waals surface area contributed by atoms with Crippen LogP contribution in [0.1, 0.15) is 11.5 Å². The van der Waals surface area contributed by atoms with Crippen LogP contribution in [0.5, 0.6) is 0 Å². The first-order valence-electron chi connectivity index (χ1n) is 4.99. The van der Waals surface area contributed by atoms with E-state index in [0.29, 0.717) is 15.6 Å². The highest BCUT2D eigenvalue weighted by molar-refractivity contribution is 6.35. The highest BCUT2D eigenvalue weighted by atomic mass is 35.5. The normalized spacial score (nSPS) is 12.1. The minimum atomic E-state index is -0.626. The zero-order valence-electron chi connectivity index (χ0n) is 9.56. The smallest absolute Gasteiger partial charge is 0.327 e. The summed E-state index contributed by atoms with van der Waals surface area (Å²) in [4.78, 5) is 14.7. The molecule has 0 aliphatic rings. The molecule has 4 nitrogen and oxygen atoms in total. The molecule has 0 heterocycles. The van der Waals surface area contributed by atoms with Gasteiger partial charge in [0, 0.05) is 16.3 Å². The third-order valence-electron chi connectivity index (χ3n) is 2.14. The molecule has 0 amide bonds. The SMILES string of the molecule is COC(=O)CN=CC(C#N)c1ccc(Cl)cc1Cl. The fraction of sp³-hybridized carbons (Fsp3) is 0.250. The summed E-state index contributed by atoms with van der Waals surface area (Å²) in [5, 5.41) is 9.93. The van der Waals surface area contributed by atoms with Crippen LogP contribution < -0.4 is 0 Å². The second kappa shape index (κ2) is 7.00. The van der Waals surface area contributed by atoms with Gasteiger partial charge in [0.1, 0.15) is 12.5 Å². The molecular weight excluding hydrogens is 275 g/mol. The zero-order valence-corrected chi connectivity index (χ0v) is 11.1. The van der Waals surface area contributed by atoms with Crippen LogP contribution >= 0.6 is 23.2 Å². The van der Waals surface area contributed by atoms with Gasteiger partial charge in [-0.25, -0.2) is 0 Å². The van der Waals surface area contributed by atoms with Crippen LogP contribution in [0.15, 0.2) is 23.2 Å². The maximum atomic E-state index is 10.9. The van der Waals surface area contributed by atoms with Crippen LogP contribution in [0.2, 0.25) is 10.0 Å². The molecule has 0 aliphatic carbocycles. The lowest BCUT2D eigenvalue weighted by molar-refractivity contribution is -0.138. The van der Waals surface area contributed by atoms with E-state index in [0.717, 1.165) is 0 Å². The first-order valence-corrected chi connectivity index (χ1v) is 5.75. The number of hydrogen-bond acceptors (Lipinski definition) is 4. The second-order valence-corrected chi connectivity index (χ2v) is 4.18. The molecule has 0 radical (unpaired) electrons. The summed E-state index contributed by atoms with van der Waals surface area (Å²) in [7, 11) is 1.27. The molecule has 0 aliphatic heterocycles. The molecule has 1 atom stereocenters. The molecule has 0 saturated carbocycles. The summed E-state index contributed by atoms with van der Waals surface area (Å²) in [5.41, 5.74) is 0.595. The number of methoxy groups -OCH3 is 1. The second-order valence-electron chi connectivity index (χ2n) is 3.34. The van der Waals surface area contributed by atoms with Gasteiger partial charge in [0.05, 0.1) is 13.2 Å². The van der Waals surface area contributed by atoms with E-state index >= 15 is 0 Å². The molecule has 6 heteroatoms. The van der Waals surface area contributed by atoms with E-state index < -0.39 is 11.9 Å². The summed E-state index contributed by atoms with van der Waals surface area (Å²) in [5.74, 6) is -1.09. The number of halogens is 2. The number of ether oxygens (including phenoxy) is 1. The predicted octanol–water partition coefficient (Wildman–Crippen LogP) is 2.84. The molecule has 0 aromatic heterocycles. The van der Waals surface area contributed by atoms with Crippen molar-refractivity contribution < 1.29 is 9.53 Å². The molecule has 1 aromatic rings. The Labute approximate surface area is 115 Å². The Hall–Kier alpha value is -1.57. The number of hydrogen-bond donors (Lipinski definition) is 0. The lowest BCUT2D eigenvalue weighted by atomic mass is 10.0. The summed E-state index contributed by atoms with van der Waals surface area (Å²) >= 11 is 11.8. The van der Waals surface area contributed by atoms with Crippen molar-refractivity contribution in [2.45, 2.75) is 5.92 Å². The van der Waals surface area contributed by atoms with Crippen molar-refractivity contribution in [1.29, 1.82) is 5.26 Å². The molecule has 0 saturated heterocycles. The van der Waals surface area contributed by atoms with Crippen molar-refractivity contribution in [3.8, 4) is 6.07 Å². The third kappa shape index (κ3) is 4.02. The van der Waals surface area contributed by atoms with E-state index in [2.05, 4.69) is 9.73 Å². The van der Waals surface area contributed by atoms with Gasteiger partial charge >= 0.3 is 5.97 Å². The number of aliphatic imine (C=N–C) groups is 1. The van der Waals surface area contributed by atoms with Crippen LogP contribution in [0.25, 0.3) is 0 Å². The van der Waals surface area contributed by atoms with Gasteiger partial charge in [-0.2, -0.15) is 5.26 Å². The number of carbonyl (C=O) groups is 1. The Morgan fingerprint density at radius 2 is 2.33 bits per heavy atom. The largest absolute Gasteiger partial charge is 0.468 e. The minimum Gasteiger partial charge on any atom is -0.468 e. The fourth-order valence-electron chi connectivity index (χ4n) is 1.23. The van der Waals surface area contributed by atoms with E-state index in [9.17, 15) is 4.79 Å². The van der Waals surface area contributed by atoms with Crippen molar-refractivity contribution in [3.63, 3.8) is 0 Å². The lowest BCUT2D eigenvalue weighted by Crippen LogP contribution is -2.06. The Balaban J connectivity index is 2.84. The first-order chi connectivity index (χ1) is 8.58. The number of nitrogens with zero attached hydrogens (tertiary/aromatic N) is 2. The predicted molar refractivity (Wildman–Crippen MR) is 70.2 cm³/mol. The van der Waals surface area contributed by atoms with Gasteiger partial charge in [0.2, 0.25) is 0 Å². The summed E-state index contributed by atoms with van der Waals surface area (Å²) in [6.45, 7) is -0.125. The van der Waals surface area contributed by atoms with E-state index in [1.165, 1.54) is 13.3 Å². The lowest BCUT2D eigenvalue weighted by Gasteiger charge is -2.06. The monoisotopic (exact) mass is 284 g/mol. The molecule has 1 aromatic carbocycles. The average molecular weight is 285 g/mol. The van der Waals surface area contributed by atoms with Crippen LogP contribution in [0.3, 0.4) is 0 Å². The minimum absolute atomic E-state index is 0.125. The van der Waals surface area contributed by atoms with Gasteiger partial charge in [-0.3, -0.25) is 9.79 Å². The van der Waals surface area contributed by atoms with Crippen molar-refractivity contribution >= 4 is 35.4 Å². The Kier molecular flexibility index (Phi) is 5.63. The van der Waals surface area contributed by atoms with Crippen molar-refractivity contribution in [3.05, 3.63) is 33.8 Å². The number of esters is 1. The molecule has 18 heavy (non-hydrogen) atoms. The molecule has 0 fully saturated rings. The molecular formula is C12H10Cl2N2O2. The van der Waals surface area contributed by atoms with Crippen LogP contribution in [-0.2, 0) is 9.53 Å². The highest BCUT2D eigenvalue weighted by Crippen LogP contribution is 2.26. The van der Waals surface area contributed by atoms with E-state index in [1.54, 1.807) is 18.2 Å². The molecule has 1 unspecified atom stereocenters. The van der Waals surface area contributed by atoms with Gasteiger partial charge < -0.3 is 4.74 Å². The molecule has 94 valence electrons. The Bertz CT molecular complexity index is 509. The van der Waals surface area contributed by atoms with E-state index in [4.69, 9.17) is 28.5 Å². The molecule has 1 rings (SSSR count). The number of rotatable bonds is 4. The fourth-order valence-corrected chi connectivity index (χ4v) is 1.76. The third-order valence-corrected chi connectivity index (χ3v) is 2.70. The van der Waals surface area contributed by atoms with Gasteiger partial charge in [0.15, 0.2) is 0 Å². The number of nitriles is 1. The van der Waals surface area contributed by atoms with Gasteiger partial charge in [-0.05, 0) is 17.7 Å². The van der Waals surface area contributed by atoms with Crippen LogP contribution in [0.4, 0.5) is 0 Å². The van der Waals surface area contributed by atoms with Crippen molar-refractivity contribution in [1.82, 2.24) is 0 Å². The summed E-state index contributed by atoms with van der Waals surface area (Å²) in [6, 6.07) is 6.89. The van der Waals surface area contributed by atoms with Gasteiger partial charge in [0.25, 0.3) is 0 Å². The molecule has 0 spiro atoms. The molecule has 0 bridgehead atoms. The summed E-state index contributed by atoms with van der Waals surface area (Å²) < 4.78 is 4.43. The van der Waals surface area contributed by atoms with Crippen LogP contribution in [0, 0.1) is 11.3 Å². The first kappa shape index (κ1) is 14.5. The topological polar surface area (TPSA) is 62.4 Å². The van der Waals surface area contributed by atoms with Gasteiger partial charge in [-0.1, -0.05) is 29.3 Å². The summed E-state index contributed by atoms with van der Waals surface area (Å²) in [6.07, 6.45) is 1.37. The van der Waals surface area contributed by atoms with E-state index in [-0.39, 0.29) is 6.54 Å². The van der Waals surface area contributed by atoms with Crippen LogP contribution in [-0.4, -0.2) is 25.8 Å². The zero-order chi connectivity index (χ0) is 13.5. The van der Waals surface area contributed by atoms with Gasteiger partial charge in [-0.15, -0.1) is 0 Å². The quantitative estimate of drug-likeness (QED) is 0.631. The van der Waals surface area contributed by atoms with Crippen molar-refractivity contribution in [2.24, 2.45) is 4.99 Å². The maximum Gasteiger partial charge on any atom is 0.327 e. The average Bonchev–Trinajstić information content (AvgIpc) is 2.35. The highest BCUT2D eigenvalue weighted by Gasteiger charge is 2.12. The Morgan fingerprint density at radius 1 is 1.61 bits per heavy atom. The standard InChI is InChI=1S/C12H10Cl2N2O2/c1-18-12(17)7-16-6-8(5-15)10-3-2-9(13)4-11(10)14/h2-4,6,8H,7H2,1H3. The number of benzene rings is 1. The molecule has 0 N–H and O–H groups in total.